The van der Waals surface area contributed by atoms with E-state index in [1.165, 1.54) is 0 Å². The average molecular weight is 184 g/mol. The van der Waals surface area contributed by atoms with Crippen LogP contribution in [0.2, 0.25) is 0 Å². The van der Waals surface area contributed by atoms with Crippen LogP contribution < -0.4 is 0 Å². The van der Waals surface area contributed by atoms with E-state index in [9.17, 15) is 14.7 Å². The minimum atomic E-state index is -0.821. The molecule has 0 aromatic rings. The number of rotatable bonds is 3. The minimum absolute atomic E-state index is 0.0406. The Balaban J connectivity index is 2.62. The zero-order chi connectivity index (χ0) is 10.0. The first kappa shape index (κ1) is 10.4. The molecule has 0 bridgehead atoms. The summed E-state index contributed by atoms with van der Waals surface area (Å²) in [5, 5.41) is 9.23. The predicted octanol–water partition coefficient (Wildman–Crippen LogP) is 0.942. The van der Waals surface area contributed by atoms with Crippen molar-refractivity contribution in [2.75, 3.05) is 0 Å². The number of hydrogen-bond acceptors (Lipinski definition) is 3. The van der Waals surface area contributed by atoms with E-state index in [0.29, 0.717) is 12.8 Å². The molecule has 0 spiro atoms. The third-order valence-electron chi connectivity index (χ3n) is 2.89. The van der Waals surface area contributed by atoms with E-state index in [1.54, 1.807) is 6.92 Å². The number of aliphatic hydroxyl groups excluding tert-OH is 1. The second kappa shape index (κ2) is 4.01. The van der Waals surface area contributed by atoms with Crippen molar-refractivity contribution in [1.82, 2.24) is 0 Å². The van der Waals surface area contributed by atoms with E-state index < -0.39 is 6.10 Å². The minimum Gasteiger partial charge on any atom is -0.385 e. The van der Waals surface area contributed by atoms with E-state index >= 15 is 0 Å². The molecule has 1 fully saturated rings. The van der Waals surface area contributed by atoms with Crippen molar-refractivity contribution < 1.29 is 14.7 Å². The van der Waals surface area contributed by atoms with Crippen LogP contribution in [-0.2, 0) is 9.59 Å². The van der Waals surface area contributed by atoms with Gasteiger partial charge in [-0.05, 0) is 25.7 Å². The molecule has 0 aromatic carbocycles. The summed E-state index contributed by atoms with van der Waals surface area (Å²) in [5.74, 6) is 0.0604. The molecule has 0 radical (unpaired) electrons. The number of hydrogen-bond donors (Lipinski definition) is 1. The average Bonchev–Trinajstić information content (AvgIpc) is 2.32. The van der Waals surface area contributed by atoms with Gasteiger partial charge in [0.2, 0.25) is 0 Å². The molecule has 1 saturated carbocycles. The topological polar surface area (TPSA) is 54.4 Å². The van der Waals surface area contributed by atoms with Crippen LogP contribution in [0.5, 0.6) is 0 Å². The molecule has 74 valence electrons. The lowest BCUT2D eigenvalue weighted by atomic mass is 9.86. The van der Waals surface area contributed by atoms with Crippen LogP contribution in [0.15, 0.2) is 0 Å². The molecule has 1 rings (SSSR count). The summed E-state index contributed by atoms with van der Waals surface area (Å²) < 4.78 is 0. The lowest BCUT2D eigenvalue weighted by molar-refractivity contribution is -0.124. The van der Waals surface area contributed by atoms with Crippen molar-refractivity contribution in [2.24, 2.45) is 11.8 Å². The molecule has 0 aliphatic heterocycles. The molecule has 3 unspecified atom stereocenters. The van der Waals surface area contributed by atoms with Crippen LogP contribution in [0.25, 0.3) is 0 Å². The van der Waals surface area contributed by atoms with Crippen LogP contribution in [0.3, 0.4) is 0 Å². The fraction of sp³-hybridized carbons (Fsp3) is 0.800. The zero-order valence-corrected chi connectivity index (χ0v) is 8.12. The monoisotopic (exact) mass is 184 g/mol. The van der Waals surface area contributed by atoms with Gasteiger partial charge in [-0.2, -0.15) is 0 Å². The molecular formula is C10H16O3. The first-order valence-corrected chi connectivity index (χ1v) is 4.77. The van der Waals surface area contributed by atoms with Crippen molar-refractivity contribution in [2.45, 2.75) is 39.2 Å². The van der Waals surface area contributed by atoms with Gasteiger partial charge in [-0.1, -0.05) is 6.92 Å². The SMILES string of the molecule is CCC(C(C)=O)C1CC(=O)C(O)C1. The Kier molecular flexibility index (Phi) is 3.20. The summed E-state index contributed by atoms with van der Waals surface area (Å²) in [4.78, 5) is 22.2. The second-order valence-electron chi connectivity index (χ2n) is 3.81. The molecule has 0 heterocycles. The summed E-state index contributed by atoms with van der Waals surface area (Å²) in [6.45, 7) is 3.50. The van der Waals surface area contributed by atoms with Crippen LogP contribution >= 0.6 is 0 Å². The standard InChI is InChI=1S/C10H16O3/c1-3-8(6(2)11)7-4-9(12)10(13)5-7/h7-9,12H,3-5H2,1-2H3. The predicted molar refractivity (Wildman–Crippen MR) is 48.2 cm³/mol. The van der Waals surface area contributed by atoms with Gasteiger partial charge in [0.15, 0.2) is 5.78 Å². The summed E-state index contributed by atoms with van der Waals surface area (Å²) >= 11 is 0. The van der Waals surface area contributed by atoms with Gasteiger partial charge in [-0.25, -0.2) is 0 Å². The molecule has 0 saturated heterocycles. The van der Waals surface area contributed by atoms with E-state index in [2.05, 4.69) is 0 Å². The Bertz CT molecular complexity index is 222. The smallest absolute Gasteiger partial charge is 0.161 e. The van der Waals surface area contributed by atoms with Gasteiger partial charge in [-0.3, -0.25) is 9.59 Å². The lowest BCUT2D eigenvalue weighted by Crippen LogP contribution is -2.19. The number of carbonyl (C=O) groups is 2. The van der Waals surface area contributed by atoms with E-state index in [-0.39, 0.29) is 23.4 Å². The zero-order valence-electron chi connectivity index (χ0n) is 8.12. The third kappa shape index (κ3) is 2.15. The summed E-state index contributed by atoms with van der Waals surface area (Å²) in [7, 11) is 0. The molecule has 13 heavy (non-hydrogen) atoms. The van der Waals surface area contributed by atoms with Gasteiger partial charge in [0.1, 0.15) is 11.9 Å². The molecule has 0 amide bonds. The van der Waals surface area contributed by atoms with Crippen LogP contribution in [0, 0.1) is 11.8 Å². The number of Topliss-reactive ketones (excluding diaryl/α,β-unsaturated/α-hetero) is 2. The van der Waals surface area contributed by atoms with Crippen molar-refractivity contribution in [1.29, 1.82) is 0 Å². The van der Waals surface area contributed by atoms with Crippen molar-refractivity contribution in [3.63, 3.8) is 0 Å². The van der Waals surface area contributed by atoms with Gasteiger partial charge in [-0.15, -0.1) is 0 Å². The number of aliphatic hydroxyl groups is 1. The highest BCUT2D eigenvalue weighted by Gasteiger charge is 2.36. The molecule has 3 atom stereocenters. The molecule has 1 aliphatic carbocycles. The van der Waals surface area contributed by atoms with E-state index in [0.717, 1.165) is 6.42 Å². The molecular weight excluding hydrogens is 168 g/mol. The van der Waals surface area contributed by atoms with Gasteiger partial charge in [0.05, 0.1) is 0 Å². The summed E-state index contributed by atoms with van der Waals surface area (Å²) in [6, 6.07) is 0. The first-order chi connectivity index (χ1) is 6.06. The maximum atomic E-state index is 11.2. The van der Waals surface area contributed by atoms with Gasteiger partial charge in [0.25, 0.3) is 0 Å². The number of carbonyl (C=O) groups excluding carboxylic acids is 2. The molecule has 1 aliphatic rings. The van der Waals surface area contributed by atoms with Crippen molar-refractivity contribution in [3.8, 4) is 0 Å². The van der Waals surface area contributed by atoms with E-state index in [4.69, 9.17) is 0 Å². The quantitative estimate of drug-likeness (QED) is 0.710. The Hall–Kier alpha value is -0.700. The Labute approximate surface area is 78.1 Å². The molecule has 3 nitrogen and oxygen atoms in total. The third-order valence-corrected chi connectivity index (χ3v) is 2.89. The normalized spacial score (nSPS) is 30.5. The molecule has 1 N–H and O–H groups in total. The fourth-order valence-electron chi connectivity index (χ4n) is 2.16. The van der Waals surface area contributed by atoms with Gasteiger partial charge >= 0.3 is 0 Å². The Morgan fingerprint density at radius 2 is 2.31 bits per heavy atom. The first-order valence-electron chi connectivity index (χ1n) is 4.77. The van der Waals surface area contributed by atoms with Crippen LogP contribution in [0.4, 0.5) is 0 Å². The largest absolute Gasteiger partial charge is 0.385 e. The summed E-state index contributed by atoms with van der Waals surface area (Å²) in [6.07, 6.45) is 0.786. The highest BCUT2D eigenvalue weighted by Crippen LogP contribution is 2.31. The maximum absolute atomic E-state index is 11.2. The Morgan fingerprint density at radius 3 is 2.62 bits per heavy atom. The van der Waals surface area contributed by atoms with E-state index in [1.807, 2.05) is 6.92 Å². The lowest BCUT2D eigenvalue weighted by Gasteiger charge is -2.17. The van der Waals surface area contributed by atoms with Crippen molar-refractivity contribution in [3.05, 3.63) is 0 Å². The number of ketones is 2. The second-order valence-corrected chi connectivity index (χ2v) is 3.81. The van der Waals surface area contributed by atoms with Crippen LogP contribution in [-0.4, -0.2) is 22.8 Å². The maximum Gasteiger partial charge on any atom is 0.161 e. The Morgan fingerprint density at radius 1 is 1.69 bits per heavy atom. The van der Waals surface area contributed by atoms with Gasteiger partial charge < -0.3 is 5.11 Å². The van der Waals surface area contributed by atoms with Gasteiger partial charge in [0, 0.05) is 12.3 Å². The van der Waals surface area contributed by atoms with Crippen LogP contribution in [0.1, 0.15) is 33.1 Å². The molecule has 0 aromatic heterocycles. The molecule has 3 heteroatoms. The highest BCUT2D eigenvalue weighted by atomic mass is 16.3. The highest BCUT2D eigenvalue weighted by molar-refractivity contribution is 5.87. The summed E-state index contributed by atoms with van der Waals surface area (Å²) in [5.41, 5.74) is 0. The fourth-order valence-corrected chi connectivity index (χ4v) is 2.16. The van der Waals surface area contributed by atoms with Crippen molar-refractivity contribution >= 4 is 11.6 Å².